The number of hydrogen-bond acceptors (Lipinski definition) is 6. The fourth-order valence-electron chi connectivity index (χ4n) is 4.18. The van der Waals surface area contributed by atoms with Crippen molar-refractivity contribution in [2.45, 2.75) is 32.2 Å². The van der Waals surface area contributed by atoms with E-state index >= 15 is 0 Å². The first kappa shape index (κ1) is 24.1. The molecule has 0 radical (unpaired) electrons. The van der Waals surface area contributed by atoms with Gasteiger partial charge in [0.2, 0.25) is 11.7 Å². The van der Waals surface area contributed by atoms with E-state index in [0.29, 0.717) is 16.8 Å². The Morgan fingerprint density at radius 1 is 1.00 bits per heavy atom. The van der Waals surface area contributed by atoms with Crippen molar-refractivity contribution < 1.29 is 23.9 Å². The van der Waals surface area contributed by atoms with Gasteiger partial charge in [-0.3, -0.25) is 14.7 Å². The van der Waals surface area contributed by atoms with Crippen molar-refractivity contribution in [2.75, 3.05) is 5.32 Å². The molecule has 1 aliphatic heterocycles. The van der Waals surface area contributed by atoms with Crippen LogP contribution in [0.25, 0.3) is 23.1 Å². The fraction of sp³-hybridized carbons (Fsp3) is 0.172. The van der Waals surface area contributed by atoms with Gasteiger partial charge in [-0.15, -0.1) is 0 Å². The summed E-state index contributed by atoms with van der Waals surface area (Å²) in [4.78, 5) is 37.6. The molecule has 1 saturated heterocycles. The molecule has 1 aliphatic rings. The van der Waals surface area contributed by atoms with E-state index in [1.165, 1.54) is 0 Å². The van der Waals surface area contributed by atoms with Crippen molar-refractivity contribution in [3.63, 3.8) is 0 Å². The number of fused-ring (bicyclic) bond motifs is 1. The molecule has 0 bridgehead atoms. The maximum Gasteiger partial charge on any atom is 0.338 e. The molecule has 0 saturated carbocycles. The third kappa shape index (κ3) is 5.49. The lowest BCUT2D eigenvalue weighted by atomic mass is 10.0. The van der Waals surface area contributed by atoms with E-state index in [1.807, 2.05) is 48.6 Å². The van der Waals surface area contributed by atoms with Crippen LogP contribution >= 0.6 is 0 Å². The lowest BCUT2D eigenvalue weighted by molar-refractivity contribution is -0.160. The number of amides is 1. The molecular formula is C29H25N3O5. The highest BCUT2D eigenvalue weighted by Gasteiger charge is 2.41. The second-order valence-electron chi connectivity index (χ2n) is 9.20. The third-order valence-corrected chi connectivity index (χ3v) is 5.90. The maximum absolute atomic E-state index is 13.2. The van der Waals surface area contributed by atoms with Gasteiger partial charge in [-0.1, -0.05) is 54.6 Å². The summed E-state index contributed by atoms with van der Waals surface area (Å²) in [5.74, 6) is -2.24. The number of esters is 1. The van der Waals surface area contributed by atoms with Crippen LogP contribution in [0.5, 0.6) is 0 Å². The molecule has 37 heavy (non-hydrogen) atoms. The van der Waals surface area contributed by atoms with Crippen LogP contribution in [-0.2, 0) is 19.1 Å². The van der Waals surface area contributed by atoms with Gasteiger partial charge in [0.05, 0.1) is 17.6 Å². The molecule has 8 nitrogen and oxygen atoms in total. The molecule has 186 valence electrons. The smallest absolute Gasteiger partial charge is 0.338 e. The normalized spacial score (nSPS) is 16.7. The number of nitrogens with zero attached hydrogens (tertiary/aromatic N) is 1. The summed E-state index contributed by atoms with van der Waals surface area (Å²) in [5.41, 5.74) is 3.94. The second-order valence-corrected chi connectivity index (χ2v) is 9.20. The van der Waals surface area contributed by atoms with Gasteiger partial charge in [0, 0.05) is 36.0 Å². The number of carbonyl (C=O) groups is 3. The minimum Gasteiger partial charge on any atom is -0.432 e. The largest absolute Gasteiger partial charge is 0.432 e. The minimum absolute atomic E-state index is 0.183. The Morgan fingerprint density at radius 3 is 2.54 bits per heavy atom. The maximum atomic E-state index is 13.2. The highest BCUT2D eigenvalue weighted by atomic mass is 16.8. The standard InChI is InChI=1S/C29H25N3O5/c1-29(2)36-25(28(35)37-29)17-26(33)30-21-10-6-9-19(15-21)27(34)20-12-13-22-23(31-32-24(22)16-20)14-11-18-7-4-3-5-8-18/h3-16,25H,17H2,1-2H3,(H,30,33)(H,31,32)/b14-11+/t25-/m0/s1. The number of ketones is 1. The van der Waals surface area contributed by atoms with Gasteiger partial charge in [0.1, 0.15) is 0 Å². The summed E-state index contributed by atoms with van der Waals surface area (Å²) in [6, 6.07) is 22.0. The van der Waals surface area contributed by atoms with Crippen LogP contribution in [0.3, 0.4) is 0 Å². The van der Waals surface area contributed by atoms with Gasteiger partial charge in [-0.2, -0.15) is 5.10 Å². The zero-order valence-corrected chi connectivity index (χ0v) is 20.4. The molecule has 0 spiro atoms. The lowest BCUT2D eigenvalue weighted by Gasteiger charge is -2.15. The number of H-pyrrole nitrogens is 1. The van der Waals surface area contributed by atoms with Gasteiger partial charge < -0.3 is 14.8 Å². The molecular weight excluding hydrogens is 470 g/mol. The molecule has 1 aromatic heterocycles. The topological polar surface area (TPSA) is 110 Å². The van der Waals surface area contributed by atoms with Crippen molar-refractivity contribution in [1.82, 2.24) is 10.2 Å². The van der Waals surface area contributed by atoms with Gasteiger partial charge in [0.15, 0.2) is 11.9 Å². The molecule has 0 aliphatic carbocycles. The van der Waals surface area contributed by atoms with Gasteiger partial charge in [-0.25, -0.2) is 4.79 Å². The van der Waals surface area contributed by atoms with Crippen molar-refractivity contribution in [1.29, 1.82) is 0 Å². The number of carbonyl (C=O) groups excluding carboxylic acids is 3. The summed E-state index contributed by atoms with van der Waals surface area (Å²) in [7, 11) is 0. The molecule has 2 N–H and O–H groups in total. The summed E-state index contributed by atoms with van der Waals surface area (Å²) in [5, 5.41) is 11.0. The number of hydrogen-bond donors (Lipinski definition) is 2. The Hall–Kier alpha value is -4.56. The van der Waals surface area contributed by atoms with Crippen LogP contribution < -0.4 is 5.32 Å². The fourth-order valence-corrected chi connectivity index (χ4v) is 4.18. The molecule has 1 atom stereocenters. The summed E-state index contributed by atoms with van der Waals surface area (Å²) in [6.07, 6.45) is 2.77. The molecule has 4 aromatic rings. The molecule has 8 heteroatoms. The van der Waals surface area contributed by atoms with Crippen LogP contribution in [0.15, 0.2) is 72.8 Å². The average Bonchev–Trinajstić information content (AvgIpc) is 3.40. The highest BCUT2D eigenvalue weighted by Crippen LogP contribution is 2.26. The Balaban J connectivity index is 1.28. The molecule has 1 fully saturated rings. The van der Waals surface area contributed by atoms with E-state index in [2.05, 4.69) is 15.5 Å². The molecule has 2 heterocycles. The first-order valence-electron chi connectivity index (χ1n) is 11.8. The van der Waals surface area contributed by atoms with Crippen LogP contribution in [0, 0.1) is 0 Å². The molecule has 1 amide bonds. The van der Waals surface area contributed by atoms with Crippen LogP contribution in [0.1, 0.15) is 47.4 Å². The SMILES string of the molecule is CC1(C)OC(=O)[C@H](CC(=O)Nc2cccc(C(=O)c3ccc4c(/C=C/c5ccccc5)n[nH]c4c3)c2)O1. The zero-order valence-electron chi connectivity index (χ0n) is 20.4. The number of aromatic nitrogens is 2. The predicted molar refractivity (Wildman–Crippen MR) is 140 cm³/mol. The minimum atomic E-state index is -1.05. The van der Waals surface area contributed by atoms with Crippen molar-refractivity contribution in [3.05, 3.63) is 95.2 Å². The molecule has 5 rings (SSSR count). The molecule has 0 unspecified atom stereocenters. The van der Waals surface area contributed by atoms with E-state index in [4.69, 9.17) is 9.47 Å². The number of ether oxygens (including phenoxy) is 2. The van der Waals surface area contributed by atoms with Crippen molar-refractivity contribution in [2.24, 2.45) is 0 Å². The summed E-state index contributed by atoms with van der Waals surface area (Å²) >= 11 is 0. The Kier molecular flexibility index (Phi) is 6.42. The number of anilines is 1. The third-order valence-electron chi connectivity index (χ3n) is 5.90. The Labute approximate surface area is 213 Å². The number of aromatic amines is 1. The Morgan fingerprint density at radius 2 is 1.78 bits per heavy atom. The summed E-state index contributed by atoms with van der Waals surface area (Å²) < 4.78 is 10.5. The van der Waals surface area contributed by atoms with Gasteiger partial charge in [0.25, 0.3) is 0 Å². The van der Waals surface area contributed by atoms with E-state index in [9.17, 15) is 14.4 Å². The van der Waals surface area contributed by atoms with Crippen molar-refractivity contribution >= 4 is 46.4 Å². The number of nitrogens with one attached hydrogen (secondary N) is 2. The zero-order chi connectivity index (χ0) is 26.0. The highest BCUT2D eigenvalue weighted by molar-refractivity contribution is 6.11. The van der Waals surface area contributed by atoms with E-state index in [-0.39, 0.29) is 12.2 Å². The quantitative estimate of drug-likeness (QED) is 0.277. The van der Waals surface area contributed by atoms with Crippen LogP contribution in [0.4, 0.5) is 5.69 Å². The summed E-state index contributed by atoms with van der Waals surface area (Å²) in [6.45, 7) is 3.22. The predicted octanol–water partition coefficient (Wildman–Crippen LogP) is 4.97. The van der Waals surface area contributed by atoms with E-state index < -0.39 is 23.8 Å². The number of benzene rings is 3. The Bertz CT molecular complexity index is 1520. The molecule has 3 aromatic carbocycles. The average molecular weight is 496 g/mol. The number of rotatable bonds is 7. The monoisotopic (exact) mass is 495 g/mol. The lowest BCUT2D eigenvalue weighted by Crippen LogP contribution is -2.26. The second kappa shape index (κ2) is 9.83. The van der Waals surface area contributed by atoms with Crippen LogP contribution in [0.2, 0.25) is 0 Å². The first-order valence-corrected chi connectivity index (χ1v) is 11.8. The van der Waals surface area contributed by atoms with Gasteiger partial charge in [-0.05, 0) is 35.9 Å². The number of cyclic esters (lactones) is 1. The first-order chi connectivity index (χ1) is 17.8. The van der Waals surface area contributed by atoms with Gasteiger partial charge >= 0.3 is 5.97 Å². The van der Waals surface area contributed by atoms with E-state index in [1.54, 1.807) is 50.2 Å². The van der Waals surface area contributed by atoms with Crippen LogP contribution in [-0.4, -0.2) is 39.7 Å². The van der Waals surface area contributed by atoms with E-state index in [0.717, 1.165) is 22.2 Å². The van der Waals surface area contributed by atoms with Crippen molar-refractivity contribution in [3.8, 4) is 0 Å².